The lowest BCUT2D eigenvalue weighted by molar-refractivity contribution is 0.660. The predicted molar refractivity (Wildman–Crippen MR) is 157 cm³/mol. The van der Waals surface area contributed by atoms with Gasteiger partial charge in [0.05, 0.1) is 5.69 Å². The first-order chi connectivity index (χ1) is 17.4. The van der Waals surface area contributed by atoms with Gasteiger partial charge < -0.3 is 4.90 Å². The van der Waals surface area contributed by atoms with Crippen LogP contribution in [0.4, 0.5) is 11.4 Å². The molecular formula is C35H31N. The van der Waals surface area contributed by atoms with E-state index in [0.717, 1.165) is 28.2 Å². The van der Waals surface area contributed by atoms with Crippen molar-refractivity contribution in [2.45, 2.75) is 19.3 Å². The minimum absolute atomic E-state index is 0.118. The summed E-state index contributed by atoms with van der Waals surface area (Å²) in [6.45, 7) is 21.4. The number of rotatable bonds is 7. The maximum absolute atomic E-state index is 4.35. The van der Waals surface area contributed by atoms with Gasteiger partial charge in [0.2, 0.25) is 0 Å². The lowest BCUT2D eigenvalue weighted by atomic mass is 9.81. The molecule has 0 radical (unpaired) electrons. The highest BCUT2D eigenvalue weighted by molar-refractivity contribution is 5.92. The van der Waals surface area contributed by atoms with Crippen LogP contribution in [0.2, 0.25) is 0 Å². The van der Waals surface area contributed by atoms with Crippen LogP contribution in [0.3, 0.4) is 0 Å². The molecule has 0 heterocycles. The Hall–Kier alpha value is -4.36. The molecule has 4 aromatic carbocycles. The molecule has 1 aliphatic carbocycles. The Balaban J connectivity index is 1.71. The maximum Gasteiger partial charge on any atom is 0.0543 e. The van der Waals surface area contributed by atoms with E-state index in [4.69, 9.17) is 0 Å². The number of allylic oxidation sites excluding steroid dienone is 3. The topological polar surface area (TPSA) is 3.24 Å². The van der Waals surface area contributed by atoms with Crippen molar-refractivity contribution >= 4 is 16.9 Å². The zero-order valence-electron chi connectivity index (χ0n) is 21.1. The highest BCUT2D eigenvalue weighted by Gasteiger charge is 2.36. The molecule has 5 rings (SSSR count). The molecule has 176 valence electrons. The highest BCUT2D eigenvalue weighted by atomic mass is 15.1. The molecule has 36 heavy (non-hydrogen) atoms. The van der Waals surface area contributed by atoms with E-state index in [1.807, 2.05) is 12.1 Å². The molecule has 0 bridgehead atoms. The largest absolute Gasteiger partial charge is 0.310 e. The van der Waals surface area contributed by atoms with Crippen LogP contribution < -0.4 is 4.90 Å². The van der Waals surface area contributed by atoms with E-state index in [1.54, 1.807) is 6.08 Å². The summed E-state index contributed by atoms with van der Waals surface area (Å²) < 4.78 is 0. The van der Waals surface area contributed by atoms with Gasteiger partial charge in [0.15, 0.2) is 0 Å². The van der Waals surface area contributed by atoms with E-state index >= 15 is 0 Å². The summed E-state index contributed by atoms with van der Waals surface area (Å²) in [7, 11) is 0. The molecule has 0 atom stereocenters. The van der Waals surface area contributed by atoms with Crippen molar-refractivity contribution in [1.82, 2.24) is 0 Å². The van der Waals surface area contributed by atoms with E-state index < -0.39 is 0 Å². The van der Waals surface area contributed by atoms with Crippen LogP contribution in [-0.4, -0.2) is 0 Å². The molecular weight excluding hydrogens is 434 g/mol. The number of nitrogens with zero attached hydrogens (tertiary/aromatic N) is 1. The van der Waals surface area contributed by atoms with Gasteiger partial charge in [0, 0.05) is 22.4 Å². The van der Waals surface area contributed by atoms with E-state index in [1.165, 1.54) is 33.4 Å². The Morgan fingerprint density at radius 1 is 0.694 bits per heavy atom. The minimum atomic E-state index is -0.118. The smallest absolute Gasteiger partial charge is 0.0543 e. The summed E-state index contributed by atoms with van der Waals surface area (Å²) >= 11 is 0. The Morgan fingerprint density at radius 3 is 2.00 bits per heavy atom. The average Bonchev–Trinajstić information content (AvgIpc) is 3.15. The van der Waals surface area contributed by atoms with Crippen molar-refractivity contribution in [3.8, 4) is 22.3 Å². The number of benzene rings is 4. The first-order valence-corrected chi connectivity index (χ1v) is 12.2. The summed E-state index contributed by atoms with van der Waals surface area (Å²) in [4.78, 5) is 2.17. The van der Waals surface area contributed by atoms with E-state index in [-0.39, 0.29) is 5.41 Å². The molecule has 0 saturated heterocycles. The summed E-state index contributed by atoms with van der Waals surface area (Å²) in [5.41, 5.74) is 12.2. The molecule has 0 fully saturated rings. The second-order valence-corrected chi connectivity index (χ2v) is 9.76. The van der Waals surface area contributed by atoms with Gasteiger partial charge in [-0.1, -0.05) is 113 Å². The second kappa shape index (κ2) is 9.02. The van der Waals surface area contributed by atoms with Crippen molar-refractivity contribution in [3.63, 3.8) is 0 Å². The van der Waals surface area contributed by atoms with E-state index in [0.29, 0.717) is 0 Å². The molecule has 0 saturated carbocycles. The fourth-order valence-corrected chi connectivity index (χ4v) is 5.27. The zero-order chi connectivity index (χ0) is 25.4. The molecule has 0 unspecified atom stereocenters. The van der Waals surface area contributed by atoms with Gasteiger partial charge in [0.1, 0.15) is 0 Å². The third kappa shape index (κ3) is 3.74. The Labute approximate surface area is 215 Å². The van der Waals surface area contributed by atoms with Crippen molar-refractivity contribution < 1.29 is 0 Å². The highest BCUT2D eigenvalue weighted by Crippen LogP contribution is 2.52. The summed E-state index contributed by atoms with van der Waals surface area (Å²) in [6, 6.07) is 32.3. The van der Waals surface area contributed by atoms with Gasteiger partial charge in [-0.2, -0.15) is 0 Å². The number of anilines is 2. The molecule has 0 aliphatic heterocycles. The van der Waals surface area contributed by atoms with Crippen LogP contribution in [0.15, 0.2) is 135 Å². The molecule has 4 aromatic rings. The summed E-state index contributed by atoms with van der Waals surface area (Å²) in [5, 5.41) is 0. The predicted octanol–water partition coefficient (Wildman–Crippen LogP) is 9.70. The third-order valence-corrected chi connectivity index (χ3v) is 7.29. The van der Waals surface area contributed by atoms with Crippen LogP contribution in [-0.2, 0) is 5.41 Å². The number of hydrogen-bond acceptors (Lipinski definition) is 1. The Kier molecular flexibility index (Phi) is 5.86. The number of fused-ring (bicyclic) bond motifs is 3. The van der Waals surface area contributed by atoms with Crippen molar-refractivity contribution in [3.05, 3.63) is 152 Å². The van der Waals surface area contributed by atoms with Gasteiger partial charge in [-0.25, -0.2) is 0 Å². The SMILES string of the molecule is C=CC(=C)c1cc2c(cc1N(C(=C)C=C)c1ccc(-c3ccccc3)cc1)C(C)(C)c1ccccc1-2. The molecule has 0 aromatic heterocycles. The van der Waals surface area contributed by atoms with Gasteiger partial charge in [-0.15, -0.1) is 0 Å². The Morgan fingerprint density at radius 2 is 1.33 bits per heavy atom. The summed E-state index contributed by atoms with van der Waals surface area (Å²) in [6.07, 6.45) is 3.63. The van der Waals surface area contributed by atoms with Crippen LogP contribution in [0.1, 0.15) is 30.5 Å². The normalized spacial score (nSPS) is 12.8. The first kappa shape index (κ1) is 23.4. The monoisotopic (exact) mass is 465 g/mol. The van der Waals surface area contributed by atoms with Gasteiger partial charge in [0.25, 0.3) is 0 Å². The van der Waals surface area contributed by atoms with Crippen molar-refractivity contribution in [2.75, 3.05) is 4.90 Å². The molecule has 1 heteroatoms. The third-order valence-electron chi connectivity index (χ3n) is 7.29. The molecule has 0 amide bonds. The number of hydrogen-bond donors (Lipinski definition) is 0. The summed E-state index contributed by atoms with van der Waals surface area (Å²) in [5.74, 6) is 0. The lowest BCUT2D eigenvalue weighted by Crippen LogP contribution is -2.19. The molecule has 1 aliphatic rings. The molecule has 0 N–H and O–H groups in total. The molecule has 0 spiro atoms. The minimum Gasteiger partial charge on any atom is -0.310 e. The maximum atomic E-state index is 4.35. The van der Waals surface area contributed by atoms with Gasteiger partial charge in [-0.3, -0.25) is 0 Å². The fraction of sp³-hybridized carbons (Fsp3) is 0.0857. The second-order valence-electron chi connectivity index (χ2n) is 9.76. The zero-order valence-corrected chi connectivity index (χ0v) is 21.1. The standard InChI is InChI=1S/C35H31N/c1-7-24(3)30-22-31-29-16-12-13-17-32(29)35(5,6)33(31)23-34(30)36(25(4)8-2)28-20-18-27(19-21-28)26-14-10-9-11-15-26/h7-23H,1-4H2,5-6H3. The lowest BCUT2D eigenvalue weighted by Gasteiger charge is -2.30. The fourth-order valence-electron chi connectivity index (χ4n) is 5.27. The van der Waals surface area contributed by atoms with Gasteiger partial charge in [-0.05, 0) is 69.3 Å². The van der Waals surface area contributed by atoms with Crippen LogP contribution >= 0.6 is 0 Å². The van der Waals surface area contributed by atoms with Crippen LogP contribution in [0.5, 0.6) is 0 Å². The first-order valence-electron chi connectivity index (χ1n) is 12.2. The molecule has 1 nitrogen and oxygen atoms in total. The van der Waals surface area contributed by atoms with Crippen LogP contribution in [0.25, 0.3) is 27.8 Å². The Bertz CT molecular complexity index is 1500. The van der Waals surface area contributed by atoms with Crippen molar-refractivity contribution in [2.24, 2.45) is 0 Å². The van der Waals surface area contributed by atoms with Gasteiger partial charge >= 0.3 is 0 Å². The average molecular weight is 466 g/mol. The quantitative estimate of drug-likeness (QED) is 0.246. The van der Waals surface area contributed by atoms with E-state index in [9.17, 15) is 0 Å². The van der Waals surface area contributed by atoms with E-state index in [2.05, 4.69) is 130 Å². The van der Waals surface area contributed by atoms with Crippen molar-refractivity contribution in [1.29, 1.82) is 0 Å². The van der Waals surface area contributed by atoms with Crippen LogP contribution in [0, 0.1) is 0 Å².